The Morgan fingerprint density at radius 2 is 1.90 bits per heavy atom. The first-order chi connectivity index (χ1) is 9.95. The lowest BCUT2D eigenvalue weighted by molar-refractivity contribution is -0.199. The second-order valence-electron chi connectivity index (χ2n) is 4.62. The average molecular weight is 317 g/mol. The number of hydroxylamine groups is 2. The molecule has 0 aromatic carbocycles. The molecule has 0 aromatic rings. The van der Waals surface area contributed by atoms with Crippen LogP contribution in [0.5, 0.6) is 0 Å². The molecule has 21 heavy (non-hydrogen) atoms. The van der Waals surface area contributed by atoms with Crippen molar-refractivity contribution in [3.05, 3.63) is 0 Å². The van der Waals surface area contributed by atoms with E-state index >= 15 is 0 Å². The van der Waals surface area contributed by atoms with Gasteiger partial charge in [0.05, 0.1) is 0 Å². The summed E-state index contributed by atoms with van der Waals surface area (Å²) in [6.45, 7) is 0.525. The van der Waals surface area contributed by atoms with E-state index in [4.69, 9.17) is 4.84 Å². The van der Waals surface area contributed by atoms with Gasteiger partial charge in [0.1, 0.15) is 6.04 Å². The van der Waals surface area contributed by atoms with Crippen LogP contribution in [0.25, 0.3) is 0 Å². The molecule has 1 aliphatic rings. The number of nitrogens with one attached hydrogen (secondary N) is 2. The van der Waals surface area contributed by atoms with Gasteiger partial charge < -0.3 is 15.5 Å². The van der Waals surface area contributed by atoms with E-state index in [1.165, 1.54) is 0 Å². The van der Waals surface area contributed by atoms with Crippen molar-refractivity contribution in [2.45, 2.75) is 38.1 Å². The number of hydrogen-bond donors (Lipinski definition) is 2. The zero-order valence-corrected chi connectivity index (χ0v) is 13.0. The Morgan fingerprint density at radius 3 is 2.43 bits per heavy atom. The molecule has 1 heterocycles. The molecule has 8 nitrogen and oxygen atoms in total. The fraction of sp³-hybridized carbons (Fsp3) is 0.667. The molecule has 9 heteroatoms. The Kier molecular flexibility index (Phi) is 7.25. The van der Waals surface area contributed by atoms with E-state index in [9.17, 15) is 19.2 Å². The van der Waals surface area contributed by atoms with Crippen molar-refractivity contribution >= 4 is 32.7 Å². The quantitative estimate of drug-likeness (QED) is 0.369. The van der Waals surface area contributed by atoms with Gasteiger partial charge >= 0.3 is 5.97 Å². The molecule has 0 aromatic heterocycles. The number of rotatable bonds is 8. The Labute approximate surface area is 125 Å². The molecule has 2 N–H and O–H groups in total. The van der Waals surface area contributed by atoms with Gasteiger partial charge in [-0.2, -0.15) is 0 Å². The predicted molar refractivity (Wildman–Crippen MR) is 77.0 cm³/mol. The third kappa shape index (κ3) is 5.77. The van der Waals surface area contributed by atoms with E-state index < -0.39 is 23.8 Å². The van der Waals surface area contributed by atoms with E-state index in [0.29, 0.717) is 30.9 Å². The van der Waals surface area contributed by atoms with Gasteiger partial charge in [-0.1, -0.05) is 0 Å². The van der Waals surface area contributed by atoms with Gasteiger partial charge in [0.2, 0.25) is 5.65 Å². The minimum Gasteiger partial charge on any atom is -0.353 e. The van der Waals surface area contributed by atoms with E-state index in [1.807, 2.05) is 9.24 Å². The minimum atomic E-state index is -0.656. The number of amides is 3. The lowest BCUT2D eigenvalue weighted by Gasteiger charge is -2.18. The van der Waals surface area contributed by atoms with Gasteiger partial charge in [-0.3, -0.25) is 14.4 Å². The third-order valence-electron chi connectivity index (χ3n) is 3.04. The van der Waals surface area contributed by atoms with Crippen LogP contribution < -0.4 is 10.6 Å². The van der Waals surface area contributed by atoms with Gasteiger partial charge in [-0.25, -0.2) is 4.79 Å². The van der Waals surface area contributed by atoms with Gasteiger partial charge in [0, 0.05) is 19.4 Å². The third-order valence-corrected chi connectivity index (χ3v) is 3.24. The molecule has 2 atom stereocenters. The summed E-state index contributed by atoms with van der Waals surface area (Å²) < 4.78 is 0. The first-order valence-corrected chi connectivity index (χ1v) is 7.31. The first kappa shape index (κ1) is 17.5. The van der Waals surface area contributed by atoms with Gasteiger partial charge in [-0.15, -0.1) is 5.06 Å². The maximum Gasteiger partial charge on any atom is 0.349 e. The second-order valence-corrected chi connectivity index (χ2v) is 5.14. The molecule has 0 spiro atoms. The second kappa shape index (κ2) is 8.69. The van der Waals surface area contributed by atoms with E-state index in [0.717, 1.165) is 0 Å². The molecular formula is C12H20N3O5P. The first-order valence-electron chi connectivity index (χ1n) is 6.74. The number of carbonyl (C=O) groups excluding carboxylic acids is 4. The van der Waals surface area contributed by atoms with Crippen LogP contribution in [0.2, 0.25) is 0 Å². The minimum absolute atomic E-state index is 0.0745. The standard InChI is InChI=1S/C12H20N3O5P/c1-13-8(4-2-3-7-14-12(19)21)11(18)20-15-9(16)5-6-10(15)17/h8,13H,2-7,21H2,1H3,(H,14,19)/t8-/m0/s1. The summed E-state index contributed by atoms with van der Waals surface area (Å²) in [4.78, 5) is 50.1. The van der Waals surface area contributed by atoms with Crippen LogP contribution in [0.3, 0.4) is 0 Å². The zero-order chi connectivity index (χ0) is 15.8. The summed E-state index contributed by atoms with van der Waals surface area (Å²) >= 11 is 0. The molecule has 1 fully saturated rings. The summed E-state index contributed by atoms with van der Waals surface area (Å²) in [5.74, 6) is -1.64. The van der Waals surface area contributed by atoms with Crippen molar-refractivity contribution in [2.24, 2.45) is 0 Å². The molecule has 1 rings (SSSR count). The Balaban J connectivity index is 2.34. The number of nitrogens with zero attached hydrogens (tertiary/aromatic N) is 1. The highest BCUT2D eigenvalue weighted by molar-refractivity contribution is 7.39. The molecule has 1 unspecified atom stereocenters. The highest BCUT2D eigenvalue weighted by Crippen LogP contribution is 2.13. The summed E-state index contributed by atoms with van der Waals surface area (Å²) in [6.07, 6.45) is 2.04. The molecule has 1 saturated heterocycles. The predicted octanol–water partition coefficient (Wildman–Crippen LogP) is -0.0634. The molecular weight excluding hydrogens is 297 g/mol. The molecule has 118 valence electrons. The number of unbranched alkanes of at least 4 members (excludes halogenated alkanes) is 1. The van der Waals surface area contributed by atoms with E-state index in [-0.39, 0.29) is 18.5 Å². The highest BCUT2D eigenvalue weighted by Gasteiger charge is 2.34. The fourth-order valence-electron chi connectivity index (χ4n) is 1.88. The monoisotopic (exact) mass is 317 g/mol. The van der Waals surface area contributed by atoms with Crippen LogP contribution in [0.1, 0.15) is 32.1 Å². The molecule has 0 aliphatic carbocycles. The number of likely N-dealkylation sites (N-methyl/N-ethyl adjacent to an activating group) is 1. The van der Waals surface area contributed by atoms with Gasteiger partial charge in [-0.05, 0) is 35.5 Å². The highest BCUT2D eigenvalue weighted by atomic mass is 31.0. The van der Waals surface area contributed by atoms with E-state index in [2.05, 4.69) is 10.6 Å². The smallest absolute Gasteiger partial charge is 0.349 e. The molecule has 1 aliphatic heterocycles. The lowest BCUT2D eigenvalue weighted by Crippen LogP contribution is -2.41. The Hall–Kier alpha value is -1.53. The van der Waals surface area contributed by atoms with Crippen LogP contribution in [-0.2, 0) is 19.2 Å². The molecule has 0 radical (unpaired) electrons. The zero-order valence-electron chi connectivity index (χ0n) is 11.9. The number of imide groups is 1. The van der Waals surface area contributed by atoms with Crippen LogP contribution in [0.4, 0.5) is 4.79 Å². The topological polar surface area (TPSA) is 105 Å². The lowest BCUT2D eigenvalue weighted by atomic mass is 10.1. The largest absolute Gasteiger partial charge is 0.353 e. The van der Waals surface area contributed by atoms with Crippen molar-refractivity contribution in [3.8, 4) is 0 Å². The summed E-state index contributed by atoms with van der Waals surface area (Å²) in [5.41, 5.74) is -0.175. The summed E-state index contributed by atoms with van der Waals surface area (Å²) in [6, 6.07) is -0.599. The maximum absolute atomic E-state index is 11.9. The van der Waals surface area contributed by atoms with E-state index in [1.54, 1.807) is 7.05 Å². The van der Waals surface area contributed by atoms with Crippen LogP contribution in [0.15, 0.2) is 0 Å². The molecule has 3 amide bonds. The van der Waals surface area contributed by atoms with Crippen molar-refractivity contribution in [1.29, 1.82) is 0 Å². The number of hydrogen-bond acceptors (Lipinski definition) is 6. The van der Waals surface area contributed by atoms with Crippen LogP contribution in [0, 0.1) is 0 Å². The van der Waals surface area contributed by atoms with Crippen molar-refractivity contribution in [1.82, 2.24) is 15.7 Å². The van der Waals surface area contributed by atoms with Gasteiger partial charge in [0.15, 0.2) is 0 Å². The SMILES string of the molecule is CN[C@@H](CCCCNC(=O)P)C(=O)ON1C(=O)CCC1=O. The maximum atomic E-state index is 11.9. The summed E-state index contributed by atoms with van der Waals surface area (Å²) in [7, 11) is 3.62. The average Bonchev–Trinajstić information content (AvgIpc) is 2.74. The van der Waals surface area contributed by atoms with Crippen LogP contribution in [-0.4, -0.2) is 48.1 Å². The fourth-order valence-corrected chi connectivity index (χ4v) is 2.02. The van der Waals surface area contributed by atoms with Crippen molar-refractivity contribution in [2.75, 3.05) is 13.6 Å². The van der Waals surface area contributed by atoms with Gasteiger partial charge in [0.25, 0.3) is 11.8 Å². The molecule has 0 bridgehead atoms. The normalized spacial score (nSPS) is 16.0. The van der Waals surface area contributed by atoms with Crippen molar-refractivity contribution in [3.63, 3.8) is 0 Å². The number of carbonyl (C=O) groups is 4. The van der Waals surface area contributed by atoms with Crippen molar-refractivity contribution < 1.29 is 24.0 Å². The molecule has 0 saturated carbocycles. The summed E-state index contributed by atoms with van der Waals surface area (Å²) in [5, 5.41) is 5.96. The Bertz CT molecular complexity index is 413. The van der Waals surface area contributed by atoms with Crippen LogP contribution >= 0.6 is 9.24 Å². The Morgan fingerprint density at radius 1 is 1.29 bits per heavy atom.